The molecule has 98 valence electrons. The van der Waals surface area contributed by atoms with Crippen molar-refractivity contribution in [1.82, 2.24) is 0 Å². The number of allylic oxidation sites excluding steroid dienone is 2. The van der Waals surface area contributed by atoms with E-state index in [1.165, 1.54) is 44.1 Å². The van der Waals surface area contributed by atoms with Gasteiger partial charge in [0, 0.05) is 0 Å². The number of halogens is 1. The summed E-state index contributed by atoms with van der Waals surface area (Å²) < 4.78 is 12.9. The van der Waals surface area contributed by atoms with Crippen LogP contribution in [0.5, 0.6) is 0 Å². The molecule has 0 saturated heterocycles. The first-order valence-corrected chi connectivity index (χ1v) is 7.21. The molecule has 0 N–H and O–H groups in total. The van der Waals surface area contributed by atoms with Crippen molar-refractivity contribution in [3.8, 4) is 0 Å². The highest BCUT2D eigenvalue weighted by atomic mass is 19.1. The van der Waals surface area contributed by atoms with Gasteiger partial charge >= 0.3 is 0 Å². The lowest BCUT2D eigenvalue weighted by molar-refractivity contribution is 0.372. The summed E-state index contributed by atoms with van der Waals surface area (Å²) in [7, 11) is 0. The molecule has 1 saturated carbocycles. The molecule has 1 heteroatoms. The van der Waals surface area contributed by atoms with Crippen LogP contribution >= 0.6 is 0 Å². The smallest absolute Gasteiger partial charge is 0.123 e. The maximum absolute atomic E-state index is 12.9. The van der Waals surface area contributed by atoms with Gasteiger partial charge < -0.3 is 0 Å². The molecular formula is C17H23F. The summed E-state index contributed by atoms with van der Waals surface area (Å²) in [5, 5.41) is 0. The lowest BCUT2D eigenvalue weighted by Gasteiger charge is -2.27. The zero-order valence-corrected chi connectivity index (χ0v) is 11.2. The van der Waals surface area contributed by atoms with Crippen LogP contribution in [0.4, 0.5) is 4.39 Å². The Morgan fingerprint density at radius 1 is 1.22 bits per heavy atom. The average Bonchev–Trinajstić information content (AvgIpc) is 2.40. The molecule has 0 heterocycles. The molecular weight excluding hydrogens is 223 g/mol. The van der Waals surface area contributed by atoms with Crippen LogP contribution in [0, 0.1) is 11.7 Å². The molecule has 0 aromatic heterocycles. The molecule has 0 radical (unpaired) electrons. The number of hydrogen-bond acceptors (Lipinski definition) is 0. The molecule has 1 aromatic carbocycles. The molecule has 0 nitrogen and oxygen atoms in total. The van der Waals surface area contributed by atoms with Gasteiger partial charge in [-0.2, -0.15) is 0 Å². The molecule has 1 aromatic rings. The third-order valence-corrected chi connectivity index (χ3v) is 3.92. The molecule has 2 rings (SSSR count). The van der Waals surface area contributed by atoms with Crippen LogP contribution in [0.2, 0.25) is 0 Å². The topological polar surface area (TPSA) is 0 Å². The molecule has 0 amide bonds. The second-order valence-electron chi connectivity index (χ2n) is 5.39. The fourth-order valence-electron chi connectivity index (χ4n) is 2.90. The Morgan fingerprint density at radius 3 is 2.72 bits per heavy atom. The number of rotatable bonds is 4. The highest BCUT2D eigenvalue weighted by Gasteiger charge is 2.21. The van der Waals surface area contributed by atoms with Gasteiger partial charge in [-0.1, -0.05) is 44.1 Å². The summed E-state index contributed by atoms with van der Waals surface area (Å²) in [5.41, 5.74) is 1.31. The average molecular weight is 246 g/mol. The van der Waals surface area contributed by atoms with E-state index in [9.17, 15) is 4.39 Å². The minimum absolute atomic E-state index is 0.131. The van der Waals surface area contributed by atoms with E-state index in [1.807, 2.05) is 12.1 Å². The minimum atomic E-state index is -0.131. The highest BCUT2D eigenvalue weighted by Crippen LogP contribution is 2.36. The van der Waals surface area contributed by atoms with Gasteiger partial charge in [0.1, 0.15) is 5.82 Å². The minimum Gasteiger partial charge on any atom is -0.207 e. The summed E-state index contributed by atoms with van der Waals surface area (Å²) in [6.45, 7) is 2.21. The van der Waals surface area contributed by atoms with E-state index in [0.717, 1.165) is 5.92 Å². The Kier molecular flexibility index (Phi) is 4.98. The van der Waals surface area contributed by atoms with Gasteiger partial charge in [-0.15, -0.1) is 0 Å². The van der Waals surface area contributed by atoms with E-state index in [0.29, 0.717) is 5.92 Å². The first-order chi connectivity index (χ1) is 8.79. The van der Waals surface area contributed by atoms with Crippen molar-refractivity contribution in [2.45, 2.75) is 51.4 Å². The summed E-state index contributed by atoms with van der Waals surface area (Å²) in [5.74, 6) is 1.21. The van der Waals surface area contributed by atoms with Crippen molar-refractivity contribution in [3.63, 3.8) is 0 Å². The first-order valence-electron chi connectivity index (χ1n) is 7.21. The van der Waals surface area contributed by atoms with Crippen LogP contribution in [0.3, 0.4) is 0 Å². The Labute approximate surface area is 110 Å². The van der Waals surface area contributed by atoms with Gasteiger partial charge in [0.05, 0.1) is 0 Å². The quantitative estimate of drug-likeness (QED) is 0.619. The van der Waals surface area contributed by atoms with Crippen molar-refractivity contribution in [2.75, 3.05) is 0 Å². The second-order valence-corrected chi connectivity index (χ2v) is 5.39. The van der Waals surface area contributed by atoms with Crippen LogP contribution in [0.1, 0.15) is 56.9 Å². The van der Waals surface area contributed by atoms with Crippen LogP contribution < -0.4 is 0 Å². The lowest BCUT2D eigenvalue weighted by atomic mass is 9.78. The van der Waals surface area contributed by atoms with Crippen molar-refractivity contribution in [3.05, 3.63) is 47.8 Å². The molecule has 1 fully saturated rings. The highest BCUT2D eigenvalue weighted by molar-refractivity contribution is 5.21. The summed E-state index contributed by atoms with van der Waals surface area (Å²) in [6.07, 6.45) is 12.2. The summed E-state index contributed by atoms with van der Waals surface area (Å²) in [6, 6.07) is 7.09. The molecule has 1 aliphatic carbocycles. The molecule has 0 aliphatic heterocycles. The van der Waals surface area contributed by atoms with Crippen molar-refractivity contribution < 1.29 is 4.39 Å². The Hall–Kier alpha value is -1.11. The maximum atomic E-state index is 12.9. The van der Waals surface area contributed by atoms with E-state index in [2.05, 4.69) is 19.1 Å². The van der Waals surface area contributed by atoms with Crippen LogP contribution in [0.25, 0.3) is 0 Å². The largest absolute Gasteiger partial charge is 0.207 e. The molecule has 2 unspecified atom stereocenters. The van der Waals surface area contributed by atoms with Gasteiger partial charge in [-0.05, 0) is 55.2 Å². The molecule has 0 spiro atoms. The van der Waals surface area contributed by atoms with Gasteiger partial charge in [0.25, 0.3) is 0 Å². The molecule has 0 bridgehead atoms. The second kappa shape index (κ2) is 6.72. The fourth-order valence-corrected chi connectivity index (χ4v) is 2.90. The zero-order chi connectivity index (χ0) is 12.8. The maximum Gasteiger partial charge on any atom is 0.123 e. The van der Waals surface area contributed by atoms with E-state index in [1.54, 1.807) is 12.1 Å². The lowest BCUT2D eigenvalue weighted by Crippen LogP contribution is -2.12. The van der Waals surface area contributed by atoms with Crippen molar-refractivity contribution >= 4 is 0 Å². The van der Waals surface area contributed by atoms with Gasteiger partial charge in [0.2, 0.25) is 0 Å². The summed E-state index contributed by atoms with van der Waals surface area (Å²) >= 11 is 0. The Balaban J connectivity index is 1.95. The molecule has 2 atom stereocenters. The van der Waals surface area contributed by atoms with E-state index in [-0.39, 0.29) is 5.82 Å². The monoisotopic (exact) mass is 246 g/mol. The third kappa shape index (κ3) is 3.69. The van der Waals surface area contributed by atoms with Crippen molar-refractivity contribution in [1.29, 1.82) is 0 Å². The predicted octanol–water partition coefficient (Wildman–Crippen LogP) is 5.46. The third-order valence-electron chi connectivity index (χ3n) is 3.92. The van der Waals surface area contributed by atoms with Gasteiger partial charge in [0.15, 0.2) is 0 Å². The Morgan fingerprint density at radius 2 is 2.00 bits per heavy atom. The van der Waals surface area contributed by atoms with Crippen LogP contribution in [0.15, 0.2) is 36.4 Å². The van der Waals surface area contributed by atoms with Crippen LogP contribution in [-0.4, -0.2) is 0 Å². The van der Waals surface area contributed by atoms with Crippen LogP contribution in [-0.2, 0) is 0 Å². The van der Waals surface area contributed by atoms with E-state index in [4.69, 9.17) is 0 Å². The SMILES string of the molecule is CCCC=CC1CCCC(c2ccc(F)cc2)C1. The zero-order valence-electron chi connectivity index (χ0n) is 11.2. The molecule has 18 heavy (non-hydrogen) atoms. The van der Waals surface area contributed by atoms with E-state index < -0.39 is 0 Å². The summed E-state index contributed by atoms with van der Waals surface area (Å²) in [4.78, 5) is 0. The fraction of sp³-hybridized carbons (Fsp3) is 0.529. The molecule has 1 aliphatic rings. The van der Waals surface area contributed by atoms with Crippen molar-refractivity contribution in [2.24, 2.45) is 5.92 Å². The number of unbranched alkanes of at least 4 members (excludes halogenated alkanes) is 1. The van der Waals surface area contributed by atoms with E-state index >= 15 is 0 Å². The van der Waals surface area contributed by atoms with Gasteiger partial charge in [-0.25, -0.2) is 4.39 Å². The standard InChI is InChI=1S/C17H23F/c1-2-3-4-6-14-7-5-8-16(13-14)15-9-11-17(18)12-10-15/h4,6,9-12,14,16H,2-3,5,7-8,13H2,1H3. The number of hydrogen-bond donors (Lipinski definition) is 0. The first kappa shape index (κ1) is 13.3. The predicted molar refractivity (Wildman–Crippen MR) is 75.1 cm³/mol. The van der Waals surface area contributed by atoms with Gasteiger partial charge in [-0.3, -0.25) is 0 Å². The Bertz CT molecular complexity index is 377. The normalized spacial score (nSPS) is 24.6. The number of benzene rings is 1.